The second kappa shape index (κ2) is 10.0. The average Bonchev–Trinajstić information content (AvgIpc) is 2.80. The maximum atomic E-state index is 14.9. The molecule has 1 unspecified atom stereocenters. The molecule has 0 radical (unpaired) electrons. The summed E-state index contributed by atoms with van der Waals surface area (Å²) in [6.07, 6.45) is -0.209. The minimum absolute atomic E-state index is 0.0669. The van der Waals surface area contributed by atoms with Crippen LogP contribution in [0.4, 0.5) is 18.9 Å². The zero-order valence-corrected chi connectivity index (χ0v) is 21.3. The quantitative estimate of drug-likeness (QED) is 0.497. The van der Waals surface area contributed by atoms with Crippen LogP contribution in [-0.4, -0.2) is 54.4 Å². The third-order valence-electron chi connectivity index (χ3n) is 6.89. The van der Waals surface area contributed by atoms with Crippen molar-refractivity contribution in [2.75, 3.05) is 37.6 Å². The van der Waals surface area contributed by atoms with Crippen LogP contribution in [0.3, 0.4) is 0 Å². The average molecular weight is 508 g/mol. The van der Waals surface area contributed by atoms with Crippen LogP contribution in [-0.2, 0) is 11.3 Å². The Morgan fingerprint density at radius 3 is 2.29 bits per heavy atom. The number of benzene rings is 2. The van der Waals surface area contributed by atoms with Gasteiger partial charge in [-0.05, 0) is 29.3 Å². The molecule has 1 amide bonds. The Morgan fingerprint density at radius 2 is 1.69 bits per heavy atom. The summed E-state index contributed by atoms with van der Waals surface area (Å²) in [5, 5.41) is 0.337. The number of nitrogens with zero attached hydrogens (tertiary/aromatic N) is 3. The van der Waals surface area contributed by atoms with Crippen LogP contribution in [0.1, 0.15) is 50.8 Å². The van der Waals surface area contributed by atoms with Crippen molar-refractivity contribution in [1.82, 2.24) is 9.80 Å². The summed E-state index contributed by atoms with van der Waals surface area (Å²) in [4.78, 5) is 18.9. The number of rotatable bonds is 4. The van der Waals surface area contributed by atoms with Crippen molar-refractivity contribution in [3.8, 4) is 0 Å². The van der Waals surface area contributed by atoms with Crippen molar-refractivity contribution < 1.29 is 18.0 Å². The van der Waals surface area contributed by atoms with E-state index in [1.807, 2.05) is 59.7 Å². The monoisotopic (exact) mass is 507 g/mol. The van der Waals surface area contributed by atoms with Gasteiger partial charge in [0.2, 0.25) is 5.91 Å². The first-order valence-corrected chi connectivity index (χ1v) is 12.5. The molecule has 0 bridgehead atoms. The molecule has 0 saturated carbocycles. The molecule has 35 heavy (non-hydrogen) atoms. The minimum atomic E-state index is -2.56. The number of hydrogen-bond donors (Lipinski definition) is 0. The molecule has 2 aliphatic rings. The molecular formula is C27H33ClF3N3O. The van der Waals surface area contributed by atoms with Crippen LogP contribution in [0.2, 0.25) is 5.02 Å². The van der Waals surface area contributed by atoms with Gasteiger partial charge in [0.05, 0.1) is 11.7 Å². The standard InChI is InChI=1S/C27H33ClF3N3O/c1-26(2,3)25(35)33-14-15-34(23-9-8-21(28)16-22(23)29)24(18-33)20-6-4-19(5-7-20)17-32-12-10-27(30,31)11-13-32/h4-9,16,24H,10-15,17-18H2,1-3H3. The van der Waals surface area contributed by atoms with E-state index < -0.39 is 17.2 Å². The number of carbonyl (C=O) groups excluding carboxylic acids is 1. The maximum Gasteiger partial charge on any atom is 0.250 e. The topological polar surface area (TPSA) is 26.8 Å². The fraction of sp³-hybridized carbons (Fsp3) is 0.519. The number of alkyl halides is 2. The first kappa shape index (κ1) is 25.8. The van der Waals surface area contributed by atoms with Gasteiger partial charge in [-0.25, -0.2) is 13.2 Å². The third kappa shape index (κ3) is 6.12. The Bertz CT molecular complexity index is 1040. The number of amides is 1. The van der Waals surface area contributed by atoms with Gasteiger partial charge < -0.3 is 9.80 Å². The lowest BCUT2D eigenvalue weighted by atomic mass is 9.92. The lowest BCUT2D eigenvalue weighted by Gasteiger charge is -2.44. The van der Waals surface area contributed by atoms with Crippen LogP contribution < -0.4 is 4.90 Å². The van der Waals surface area contributed by atoms with E-state index >= 15 is 0 Å². The lowest BCUT2D eigenvalue weighted by Crippen LogP contribution is -2.53. The van der Waals surface area contributed by atoms with Crippen LogP contribution in [0.5, 0.6) is 0 Å². The maximum absolute atomic E-state index is 14.9. The number of piperidine rings is 1. The van der Waals surface area contributed by atoms with Crippen molar-refractivity contribution in [3.05, 3.63) is 64.4 Å². The molecule has 2 aromatic rings. The normalized spacial score (nSPS) is 21.3. The van der Waals surface area contributed by atoms with Crippen LogP contribution in [0, 0.1) is 11.2 Å². The summed E-state index contributed by atoms with van der Waals surface area (Å²) in [6.45, 7) is 8.53. The fourth-order valence-corrected chi connectivity index (χ4v) is 5.03. The summed E-state index contributed by atoms with van der Waals surface area (Å²) in [7, 11) is 0. The summed E-state index contributed by atoms with van der Waals surface area (Å²) in [5.41, 5.74) is 1.97. The SMILES string of the molecule is CC(C)(C)C(=O)N1CCN(c2ccc(Cl)cc2F)C(c2ccc(CN3CCC(F)(F)CC3)cc2)C1. The largest absolute Gasteiger partial charge is 0.359 e. The van der Waals surface area contributed by atoms with E-state index in [1.165, 1.54) is 6.07 Å². The zero-order valence-electron chi connectivity index (χ0n) is 20.5. The number of piperazine rings is 1. The highest BCUT2D eigenvalue weighted by atomic mass is 35.5. The van der Waals surface area contributed by atoms with Crippen molar-refractivity contribution in [3.63, 3.8) is 0 Å². The van der Waals surface area contributed by atoms with Crippen molar-refractivity contribution in [1.29, 1.82) is 0 Å². The summed E-state index contributed by atoms with van der Waals surface area (Å²) in [6, 6.07) is 12.5. The van der Waals surface area contributed by atoms with Crippen LogP contribution >= 0.6 is 11.6 Å². The van der Waals surface area contributed by atoms with Crippen LogP contribution in [0.15, 0.2) is 42.5 Å². The summed E-state index contributed by atoms with van der Waals surface area (Å²) < 4.78 is 41.8. The number of carbonyl (C=O) groups is 1. The van der Waals surface area contributed by atoms with Crippen molar-refractivity contribution in [2.45, 2.75) is 52.1 Å². The molecule has 2 fully saturated rings. The second-order valence-corrected chi connectivity index (χ2v) is 11.1. The number of halogens is 4. The molecule has 0 N–H and O–H groups in total. The van der Waals surface area contributed by atoms with E-state index in [2.05, 4.69) is 0 Å². The van der Waals surface area contributed by atoms with Gasteiger partial charge in [-0.15, -0.1) is 0 Å². The van der Waals surface area contributed by atoms with Crippen LogP contribution in [0.25, 0.3) is 0 Å². The first-order valence-electron chi connectivity index (χ1n) is 12.1. The Labute approximate surface area is 210 Å². The van der Waals surface area contributed by atoms with Gasteiger partial charge in [-0.2, -0.15) is 0 Å². The van der Waals surface area contributed by atoms with E-state index in [0.29, 0.717) is 50.0 Å². The molecular weight excluding hydrogens is 475 g/mol. The van der Waals surface area contributed by atoms with Gasteiger partial charge in [0.25, 0.3) is 5.92 Å². The molecule has 2 aromatic carbocycles. The Balaban J connectivity index is 1.56. The van der Waals surface area contributed by atoms with E-state index in [9.17, 15) is 18.0 Å². The predicted octanol–water partition coefficient (Wildman–Crippen LogP) is 6.15. The van der Waals surface area contributed by atoms with Gasteiger partial charge in [0.1, 0.15) is 5.82 Å². The molecule has 2 heterocycles. The number of anilines is 1. The first-order chi connectivity index (χ1) is 16.4. The zero-order chi connectivity index (χ0) is 25.4. The smallest absolute Gasteiger partial charge is 0.250 e. The van der Waals surface area contributed by atoms with Crippen molar-refractivity contribution in [2.24, 2.45) is 5.41 Å². The minimum Gasteiger partial charge on any atom is -0.359 e. The van der Waals surface area contributed by atoms with E-state index in [4.69, 9.17) is 11.6 Å². The molecule has 2 saturated heterocycles. The third-order valence-corrected chi connectivity index (χ3v) is 7.12. The summed E-state index contributed by atoms with van der Waals surface area (Å²) in [5.74, 6) is -2.88. The lowest BCUT2D eigenvalue weighted by molar-refractivity contribution is -0.140. The van der Waals surface area contributed by atoms with Gasteiger partial charge in [-0.3, -0.25) is 9.69 Å². The van der Waals surface area contributed by atoms with E-state index in [1.54, 1.807) is 12.1 Å². The molecule has 0 spiro atoms. The van der Waals surface area contributed by atoms with Gasteiger partial charge in [-0.1, -0.05) is 56.6 Å². The van der Waals surface area contributed by atoms with Crippen molar-refractivity contribution >= 4 is 23.2 Å². The predicted molar refractivity (Wildman–Crippen MR) is 133 cm³/mol. The molecule has 8 heteroatoms. The number of likely N-dealkylation sites (tertiary alicyclic amines) is 1. The Morgan fingerprint density at radius 1 is 1.03 bits per heavy atom. The molecule has 2 aliphatic heterocycles. The second-order valence-electron chi connectivity index (χ2n) is 10.7. The molecule has 190 valence electrons. The highest BCUT2D eigenvalue weighted by Gasteiger charge is 2.36. The summed E-state index contributed by atoms with van der Waals surface area (Å²) >= 11 is 5.98. The van der Waals surface area contributed by atoms with Gasteiger partial charge in [0, 0.05) is 62.5 Å². The van der Waals surface area contributed by atoms with E-state index in [0.717, 1.165) is 11.1 Å². The van der Waals surface area contributed by atoms with Gasteiger partial charge in [0.15, 0.2) is 0 Å². The fourth-order valence-electron chi connectivity index (χ4n) is 4.87. The highest BCUT2D eigenvalue weighted by Crippen LogP contribution is 2.35. The molecule has 4 rings (SSSR count). The molecule has 0 aliphatic carbocycles. The molecule has 4 nitrogen and oxygen atoms in total. The number of hydrogen-bond acceptors (Lipinski definition) is 3. The molecule has 1 atom stereocenters. The van der Waals surface area contributed by atoms with E-state index in [-0.39, 0.29) is 24.8 Å². The Hall–Kier alpha value is -2.25. The highest BCUT2D eigenvalue weighted by molar-refractivity contribution is 6.30. The Kier molecular flexibility index (Phi) is 7.39. The van der Waals surface area contributed by atoms with Gasteiger partial charge >= 0.3 is 0 Å². The molecule has 0 aromatic heterocycles.